The highest BCUT2D eigenvalue weighted by atomic mass is 16.1. The number of rotatable bonds is 4. The molecule has 2 heterocycles. The first-order chi connectivity index (χ1) is 12.1. The highest BCUT2D eigenvalue weighted by Crippen LogP contribution is 2.15. The van der Waals surface area contributed by atoms with Gasteiger partial charge in [-0.2, -0.15) is 0 Å². The van der Waals surface area contributed by atoms with Gasteiger partial charge in [-0.05, 0) is 31.4 Å². The number of hydrogen-bond acceptors (Lipinski definition) is 4. The first-order valence-corrected chi connectivity index (χ1v) is 8.47. The van der Waals surface area contributed by atoms with Gasteiger partial charge in [-0.1, -0.05) is 30.3 Å². The second-order valence-electron chi connectivity index (χ2n) is 6.22. The van der Waals surface area contributed by atoms with Crippen LogP contribution in [0.1, 0.15) is 24.1 Å². The van der Waals surface area contributed by atoms with E-state index in [2.05, 4.69) is 20.2 Å². The molecule has 1 aromatic carbocycles. The number of anilines is 1. The lowest BCUT2D eigenvalue weighted by Crippen LogP contribution is -2.45. The van der Waals surface area contributed by atoms with Gasteiger partial charge in [-0.3, -0.25) is 14.6 Å². The van der Waals surface area contributed by atoms with Gasteiger partial charge in [0.1, 0.15) is 0 Å². The fraction of sp³-hybridized carbons (Fsp3) is 0.316. The predicted octanol–water partition coefficient (Wildman–Crippen LogP) is 1.88. The predicted molar refractivity (Wildman–Crippen MR) is 98.4 cm³/mol. The number of benzene rings is 1. The zero-order valence-electron chi connectivity index (χ0n) is 14.2. The van der Waals surface area contributed by atoms with Crippen molar-refractivity contribution in [3.63, 3.8) is 0 Å². The molecule has 1 saturated heterocycles. The number of nitrogens with zero attached hydrogens (tertiary/aromatic N) is 2. The van der Waals surface area contributed by atoms with Crippen LogP contribution < -0.4 is 15.8 Å². The number of carbonyl (C=O) groups excluding carboxylic acids is 1. The van der Waals surface area contributed by atoms with Crippen molar-refractivity contribution in [1.82, 2.24) is 15.3 Å². The summed E-state index contributed by atoms with van der Waals surface area (Å²) in [5, 5.41) is 3.04. The normalized spacial score (nSPS) is 15.5. The van der Waals surface area contributed by atoms with E-state index in [0.717, 1.165) is 31.5 Å². The molecule has 25 heavy (non-hydrogen) atoms. The minimum Gasteiger partial charge on any atom is -0.350 e. The Kier molecular flexibility index (Phi) is 5.28. The summed E-state index contributed by atoms with van der Waals surface area (Å²) in [5.74, 6) is 0.531. The van der Waals surface area contributed by atoms with Gasteiger partial charge in [0, 0.05) is 37.0 Å². The molecule has 0 radical (unpaired) electrons. The highest BCUT2D eigenvalue weighted by Gasteiger charge is 2.21. The summed E-state index contributed by atoms with van der Waals surface area (Å²) in [6.45, 7) is 3.31. The van der Waals surface area contributed by atoms with Gasteiger partial charge in [-0.25, -0.2) is 4.98 Å². The van der Waals surface area contributed by atoms with Gasteiger partial charge in [0.05, 0.1) is 0 Å². The van der Waals surface area contributed by atoms with Gasteiger partial charge in [-0.15, -0.1) is 0 Å². The number of aromatic nitrogens is 2. The Hall–Kier alpha value is -2.89. The lowest BCUT2D eigenvalue weighted by atomic mass is 10.1. The van der Waals surface area contributed by atoms with Crippen molar-refractivity contribution in [2.45, 2.75) is 25.8 Å². The molecule has 0 spiro atoms. The zero-order chi connectivity index (χ0) is 17.6. The van der Waals surface area contributed by atoms with Crippen LogP contribution >= 0.6 is 0 Å². The summed E-state index contributed by atoms with van der Waals surface area (Å²) >= 11 is 0. The molecule has 0 saturated carbocycles. The monoisotopic (exact) mass is 338 g/mol. The molecule has 0 atom stereocenters. The molecule has 0 bridgehead atoms. The topological polar surface area (TPSA) is 78.1 Å². The van der Waals surface area contributed by atoms with E-state index in [1.807, 2.05) is 43.3 Å². The Bertz CT molecular complexity index is 806. The second kappa shape index (κ2) is 7.79. The number of nitrogens with one attached hydrogen (secondary N) is 2. The number of amides is 1. The van der Waals surface area contributed by atoms with Gasteiger partial charge in [0.2, 0.25) is 11.9 Å². The summed E-state index contributed by atoms with van der Waals surface area (Å²) in [5.41, 5.74) is 1.58. The van der Waals surface area contributed by atoms with Crippen LogP contribution in [0.3, 0.4) is 0 Å². The smallest absolute Gasteiger partial charge is 0.252 e. The fourth-order valence-electron chi connectivity index (χ4n) is 2.93. The van der Waals surface area contributed by atoms with Gasteiger partial charge >= 0.3 is 0 Å². The maximum Gasteiger partial charge on any atom is 0.252 e. The van der Waals surface area contributed by atoms with Crippen LogP contribution in [0.25, 0.3) is 6.08 Å². The molecule has 3 rings (SSSR count). The molecule has 1 aliphatic rings. The van der Waals surface area contributed by atoms with E-state index >= 15 is 0 Å². The number of aromatic amines is 1. The molecule has 6 heteroatoms. The summed E-state index contributed by atoms with van der Waals surface area (Å²) in [6, 6.07) is 11.4. The highest BCUT2D eigenvalue weighted by molar-refractivity contribution is 5.91. The van der Waals surface area contributed by atoms with Crippen molar-refractivity contribution in [2.24, 2.45) is 0 Å². The molecule has 1 fully saturated rings. The third-order valence-corrected chi connectivity index (χ3v) is 4.22. The molecule has 2 aromatic rings. The Morgan fingerprint density at radius 1 is 1.28 bits per heavy atom. The van der Waals surface area contributed by atoms with E-state index in [0.29, 0.717) is 11.6 Å². The lowest BCUT2D eigenvalue weighted by molar-refractivity contribution is -0.117. The molecule has 1 aromatic heterocycles. The number of aryl methyl sites for hydroxylation is 1. The molecule has 130 valence electrons. The summed E-state index contributed by atoms with van der Waals surface area (Å²) in [6.07, 6.45) is 5.03. The summed E-state index contributed by atoms with van der Waals surface area (Å²) in [7, 11) is 0. The van der Waals surface area contributed by atoms with Crippen molar-refractivity contribution in [3.8, 4) is 0 Å². The Morgan fingerprint density at radius 3 is 2.68 bits per heavy atom. The maximum atomic E-state index is 12.1. The van der Waals surface area contributed by atoms with E-state index < -0.39 is 0 Å². The van der Waals surface area contributed by atoms with E-state index in [9.17, 15) is 9.59 Å². The molecule has 0 aliphatic carbocycles. The number of carbonyl (C=O) groups is 1. The average molecular weight is 338 g/mol. The second-order valence-corrected chi connectivity index (χ2v) is 6.22. The number of hydrogen-bond donors (Lipinski definition) is 2. The largest absolute Gasteiger partial charge is 0.350 e. The van der Waals surface area contributed by atoms with Crippen LogP contribution in [-0.4, -0.2) is 35.0 Å². The first kappa shape index (κ1) is 17.0. The van der Waals surface area contributed by atoms with Crippen LogP contribution in [0.2, 0.25) is 0 Å². The van der Waals surface area contributed by atoms with E-state index in [1.165, 1.54) is 6.07 Å². The summed E-state index contributed by atoms with van der Waals surface area (Å²) < 4.78 is 0. The minimum absolute atomic E-state index is 0.0793. The van der Waals surface area contributed by atoms with Crippen LogP contribution in [0, 0.1) is 6.92 Å². The first-order valence-electron chi connectivity index (χ1n) is 8.47. The van der Waals surface area contributed by atoms with E-state index in [1.54, 1.807) is 6.08 Å². The molecular weight excluding hydrogens is 316 g/mol. The van der Waals surface area contributed by atoms with Gasteiger partial charge in [0.25, 0.3) is 5.56 Å². The minimum atomic E-state index is -0.135. The number of H-pyrrole nitrogens is 1. The number of piperidine rings is 1. The van der Waals surface area contributed by atoms with Gasteiger partial charge < -0.3 is 10.2 Å². The SMILES string of the molecule is Cc1cc(=O)[nH]c(N2CCC(NC(=O)/C=C/c3ccccc3)CC2)n1. The molecule has 1 amide bonds. The van der Waals surface area contributed by atoms with Crippen LogP contribution in [0.4, 0.5) is 5.95 Å². The molecule has 0 unspecified atom stereocenters. The van der Waals surface area contributed by atoms with Crippen molar-refractivity contribution in [1.29, 1.82) is 0 Å². The van der Waals surface area contributed by atoms with E-state index in [-0.39, 0.29) is 17.5 Å². The summed E-state index contributed by atoms with van der Waals surface area (Å²) in [4.78, 5) is 32.8. The molecular formula is C19H22N4O2. The van der Waals surface area contributed by atoms with Crippen LogP contribution in [0.5, 0.6) is 0 Å². The quantitative estimate of drug-likeness (QED) is 0.835. The average Bonchev–Trinajstić information content (AvgIpc) is 2.61. The standard InChI is InChI=1S/C19H22N4O2/c1-14-13-18(25)22-19(20-14)23-11-9-16(10-12-23)21-17(24)8-7-15-5-3-2-4-6-15/h2-8,13,16H,9-12H2,1H3,(H,21,24)(H,20,22,25)/b8-7+. The van der Waals surface area contributed by atoms with E-state index in [4.69, 9.17) is 0 Å². The van der Waals surface area contributed by atoms with Crippen molar-refractivity contribution in [3.05, 3.63) is 64.1 Å². The van der Waals surface area contributed by atoms with Gasteiger partial charge in [0.15, 0.2) is 0 Å². The van der Waals surface area contributed by atoms with Crippen molar-refractivity contribution < 1.29 is 4.79 Å². The Labute approximate surface area is 146 Å². The van der Waals surface area contributed by atoms with Crippen LogP contribution in [-0.2, 0) is 4.79 Å². The molecule has 2 N–H and O–H groups in total. The Morgan fingerprint density at radius 2 is 2.00 bits per heavy atom. The Balaban J connectivity index is 1.51. The molecule has 6 nitrogen and oxygen atoms in total. The van der Waals surface area contributed by atoms with Crippen molar-refractivity contribution >= 4 is 17.9 Å². The van der Waals surface area contributed by atoms with Crippen LogP contribution in [0.15, 0.2) is 47.3 Å². The zero-order valence-corrected chi connectivity index (χ0v) is 14.2. The third-order valence-electron chi connectivity index (χ3n) is 4.22. The van der Waals surface area contributed by atoms with Crippen molar-refractivity contribution in [2.75, 3.05) is 18.0 Å². The fourth-order valence-corrected chi connectivity index (χ4v) is 2.93. The maximum absolute atomic E-state index is 12.1. The molecule has 1 aliphatic heterocycles. The lowest BCUT2D eigenvalue weighted by Gasteiger charge is -2.32. The third kappa shape index (κ3) is 4.79.